The Hall–Kier alpha value is -3.81. The number of aromatic amines is 1. The highest BCUT2D eigenvalue weighted by atomic mass is 19.4. The second kappa shape index (κ2) is 7.90. The Bertz CT molecular complexity index is 1430. The molecule has 0 saturated heterocycles. The van der Waals surface area contributed by atoms with E-state index in [0.29, 0.717) is 6.07 Å². The van der Waals surface area contributed by atoms with Crippen LogP contribution in [0.3, 0.4) is 0 Å². The molecule has 0 amide bonds. The molecule has 8 nitrogen and oxygen atoms in total. The molecule has 0 bridgehead atoms. The third kappa shape index (κ3) is 4.00. The number of H-pyrrole nitrogens is 1. The topological polar surface area (TPSA) is 101 Å². The van der Waals surface area contributed by atoms with Gasteiger partial charge in [-0.25, -0.2) is 0 Å². The van der Waals surface area contributed by atoms with Crippen molar-refractivity contribution in [1.82, 2.24) is 24.3 Å². The molecule has 14 heteroatoms. The van der Waals surface area contributed by atoms with Crippen molar-refractivity contribution in [3.8, 4) is 11.3 Å². The van der Waals surface area contributed by atoms with Gasteiger partial charge in [0.1, 0.15) is 22.5 Å². The normalized spacial score (nSPS) is 13.4. The number of aliphatic hydroxyl groups is 1. The standard InChI is InChI=1S/C20H16F6N6O2/c1-31-8-11(10-4-6-28-17(33)15(10)31)14-13(20(24,25)26)16(32(2)30-14)18(34)29-9-3-5-27-12(7-9)19(21,22)23/h3-8,18,34H,1-2H3,(H,27,29)(H,28,33). The summed E-state index contributed by atoms with van der Waals surface area (Å²) < 4.78 is 83.5. The minimum atomic E-state index is -5.00. The number of anilines is 1. The van der Waals surface area contributed by atoms with Crippen LogP contribution in [-0.2, 0) is 26.4 Å². The summed E-state index contributed by atoms with van der Waals surface area (Å²) in [6, 6.07) is 3.05. The third-order valence-electron chi connectivity index (χ3n) is 5.14. The van der Waals surface area contributed by atoms with Gasteiger partial charge in [0, 0.05) is 49.3 Å². The Labute approximate surface area is 186 Å². The van der Waals surface area contributed by atoms with Crippen molar-refractivity contribution in [1.29, 1.82) is 0 Å². The smallest absolute Gasteiger partial charge is 0.368 e. The van der Waals surface area contributed by atoms with Crippen molar-refractivity contribution >= 4 is 16.6 Å². The number of rotatable bonds is 4. The van der Waals surface area contributed by atoms with Gasteiger partial charge in [-0.1, -0.05) is 0 Å². The maximum atomic E-state index is 14.2. The first-order chi connectivity index (χ1) is 15.8. The van der Waals surface area contributed by atoms with Crippen LogP contribution in [0.25, 0.3) is 22.2 Å². The molecule has 4 heterocycles. The number of alkyl halides is 6. The number of nitrogens with zero attached hydrogens (tertiary/aromatic N) is 4. The second-order valence-electron chi connectivity index (χ2n) is 7.43. The lowest BCUT2D eigenvalue weighted by molar-refractivity contribution is -0.141. The van der Waals surface area contributed by atoms with Crippen LogP contribution in [0.4, 0.5) is 32.0 Å². The number of aliphatic hydroxyl groups excluding tert-OH is 1. The molecule has 0 spiro atoms. The maximum Gasteiger partial charge on any atom is 0.433 e. The van der Waals surface area contributed by atoms with Gasteiger partial charge in [0.2, 0.25) is 0 Å². The summed E-state index contributed by atoms with van der Waals surface area (Å²) in [6.07, 6.45) is -8.47. The fraction of sp³-hybridized carbons (Fsp3) is 0.250. The number of hydrogen-bond donors (Lipinski definition) is 3. The van der Waals surface area contributed by atoms with Gasteiger partial charge in [-0.05, 0) is 18.2 Å². The summed E-state index contributed by atoms with van der Waals surface area (Å²) in [5.41, 5.74) is -4.57. The molecule has 4 aromatic rings. The van der Waals surface area contributed by atoms with Crippen LogP contribution in [0.5, 0.6) is 0 Å². The van der Waals surface area contributed by atoms with E-state index in [4.69, 9.17) is 0 Å². The van der Waals surface area contributed by atoms with Gasteiger partial charge in [-0.3, -0.25) is 14.5 Å². The monoisotopic (exact) mass is 486 g/mol. The van der Waals surface area contributed by atoms with Crippen LogP contribution in [0.1, 0.15) is 23.2 Å². The van der Waals surface area contributed by atoms with E-state index in [2.05, 4.69) is 20.4 Å². The molecule has 0 aliphatic heterocycles. The number of hydrogen-bond acceptors (Lipinski definition) is 5. The highest BCUT2D eigenvalue weighted by molar-refractivity contribution is 5.95. The van der Waals surface area contributed by atoms with Gasteiger partial charge in [0.15, 0.2) is 6.23 Å². The van der Waals surface area contributed by atoms with Crippen molar-refractivity contribution in [3.63, 3.8) is 0 Å². The van der Waals surface area contributed by atoms with Gasteiger partial charge in [-0.15, -0.1) is 0 Å². The number of halogens is 6. The Morgan fingerprint density at radius 3 is 2.47 bits per heavy atom. The quantitative estimate of drug-likeness (QED) is 0.301. The molecule has 180 valence electrons. The number of aryl methyl sites for hydroxylation is 2. The summed E-state index contributed by atoms with van der Waals surface area (Å²) in [7, 11) is 2.64. The van der Waals surface area contributed by atoms with Crippen molar-refractivity contribution in [2.45, 2.75) is 18.6 Å². The van der Waals surface area contributed by atoms with E-state index >= 15 is 0 Å². The molecule has 4 rings (SSSR count). The van der Waals surface area contributed by atoms with Gasteiger partial charge in [0.25, 0.3) is 5.56 Å². The largest absolute Gasteiger partial charge is 0.433 e. The minimum Gasteiger partial charge on any atom is -0.368 e. The Balaban J connectivity index is 1.85. The first kappa shape index (κ1) is 23.4. The summed E-state index contributed by atoms with van der Waals surface area (Å²) in [5, 5.41) is 17.0. The highest BCUT2D eigenvalue weighted by Crippen LogP contribution is 2.43. The van der Waals surface area contributed by atoms with Crippen molar-refractivity contribution in [3.05, 3.63) is 64.1 Å². The van der Waals surface area contributed by atoms with Crippen molar-refractivity contribution in [2.24, 2.45) is 14.1 Å². The molecule has 34 heavy (non-hydrogen) atoms. The van der Waals surface area contributed by atoms with Gasteiger partial charge >= 0.3 is 12.4 Å². The van der Waals surface area contributed by atoms with Crippen LogP contribution in [0.2, 0.25) is 0 Å². The molecule has 0 radical (unpaired) electrons. The van der Waals surface area contributed by atoms with Crippen molar-refractivity contribution in [2.75, 3.05) is 5.32 Å². The zero-order valence-electron chi connectivity index (χ0n) is 17.5. The van der Waals surface area contributed by atoms with Crippen LogP contribution in [0, 0.1) is 0 Å². The molecular weight excluding hydrogens is 470 g/mol. The molecular formula is C20H16F6N6O2. The third-order valence-corrected chi connectivity index (χ3v) is 5.14. The molecule has 3 N–H and O–H groups in total. The van der Waals surface area contributed by atoms with E-state index in [1.165, 1.54) is 30.1 Å². The Morgan fingerprint density at radius 2 is 1.82 bits per heavy atom. The van der Waals surface area contributed by atoms with Crippen LogP contribution in [0.15, 0.2) is 41.6 Å². The molecule has 1 atom stereocenters. The first-order valence-corrected chi connectivity index (χ1v) is 9.58. The number of fused-ring (bicyclic) bond motifs is 1. The van der Waals surface area contributed by atoms with Gasteiger partial charge in [-0.2, -0.15) is 31.4 Å². The number of aromatic nitrogens is 5. The SMILES string of the molecule is Cn1nc(-c2cn(C)c3c(=O)[nH]ccc23)c(C(F)(F)F)c1C(O)Nc1ccnc(C(F)(F)F)c1. The predicted octanol–water partition coefficient (Wildman–Crippen LogP) is 3.80. The summed E-state index contributed by atoms with van der Waals surface area (Å²) in [4.78, 5) is 17.8. The molecule has 0 aliphatic carbocycles. The lowest BCUT2D eigenvalue weighted by Crippen LogP contribution is -2.19. The minimum absolute atomic E-state index is 0.00626. The average molecular weight is 486 g/mol. The summed E-state index contributed by atoms with van der Waals surface area (Å²) in [5.74, 6) is 0. The number of nitrogens with one attached hydrogen (secondary N) is 2. The van der Waals surface area contributed by atoms with E-state index in [1.54, 1.807) is 0 Å². The Morgan fingerprint density at radius 1 is 1.12 bits per heavy atom. The van der Waals surface area contributed by atoms with Crippen LogP contribution >= 0.6 is 0 Å². The zero-order chi connectivity index (χ0) is 25.0. The lowest BCUT2D eigenvalue weighted by atomic mass is 10.0. The van der Waals surface area contributed by atoms with E-state index in [9.17, 15) is 36.2 Å². The first-order valence-electron chi connectivity index (χ1n) is 9.58. The molecule has 0 aromatic carbocycles. The molecule has 1 unspecified atom stereocenters. The molecule has 0 saturated carbocycles. The molecule has 4 aromatic heterocycles. The fourth-order valence-corrected chi connectivity index (χ4v) is 3.77. The van der Waals surface area contributed by atoms with E-state index in [-0.39, 0.29) is 22.2 Å². The summed E-state index contributed by atoms with van der Waals surface area (Å²) in [6.45, 7) is 0. The predicted molar refractivity (Wildman–Crippen MR) is 109 cm³/mol. The van der Waals surface area contributed by atoms with Crippen molar-refractivity contribution < 1.29 is 31.4 Å². The average Bonchev–Trinajstić information content (AvgIpc) is 3.25. The van der Waals surface area contributed by atoms with E-state index in [1.807, 2.05) is 0 Å². The second-order valence-corrected chi connectivity index (χ2v) is 7.43. The Kier molecular flexibility index (Phi) is 5.43. The molecule has 0 aliphatic rings. The van der Waals surface area contributed by atoms with Crippen LogP contribution < -0.4 is 10.9 Å². The van der Waals surface area contributed by atoms with E-state index in [0.717, 1.165) is 24.0 Å². The molecule has 0 fully saturated rings. The fourth-order valence-electron chi connectivity index (χ4n) is 3.77. The van der Waals surface area contributed by atoms with E-state index < -0.39 is 46.8 Å². The lowest BCUT2D eigenvalue weighted by Gasteiger charge is -2.18. The van der Waals surface area contributed by atoms with Gasteiger partial charge < -0.3 is 20.0 Å². The highest BCUT2D eigenvalue weighted by Gasteiger charge is 2.42. The zero-order valence-corrected chi connectivity index (χ0v) is 17.5. The summed E-state index contributed by atoms with van der Waals surface area (Å²) >= 11 is 0. The number of pyridine rings is 2. The maximum absolute atomic E-state index is 14.2. The van der Waals surface area contributed by atoms with Crippen LogP contribution in [-0.4, -0.2) is 29.4 Å². The van der Waals surface area contributed by atoms with Gasteiger partial charge in [0.05, 0.1) is 5.69 Å².